The van der Waals surface area contributed by atoms with E-state index in [2.05, 4.69) is 41.9 Å². The van der Waals surface area contributed by atoms with Gasteiger partial charge in [0.05, 0.1) is 17.3 Å². The molecule has 0 aliphatic carbocycles. The quantitative estimate of drug-likeness (QED) is 0.571. The molecule has 32 heavy (non-hydrogen) atoms. The van der Waals surface area contributed by atoms with E-state index in [1.54, 1.807) is 4.79 Å². The molecule has 0 bridgehead atoms. The lowest BCUT2D eigenvalue weighted by Gasteiger charge is -2.22. The molecule has 1 aromatic heterocycles. The molecule has 2 heterocycles. The van der Waals surface area contributed by atoms with Crippen molar-refractivity contribution in [2.24, 2.45) is 10.1 Å². The highest BCUT2D eigenvalue weighted by molar-refractivity contribution is 6.56. The van der Waals surface area contributed by atoms with Gasteiger partial charge < -0.3 is 10.0 Å². The molecule has 8 heteroatoms. The van der Waals surface area contributed by atoms with Crippen LogP contribution in [0, 0.1) is 6.92 Å². The van der Waals surface area contributed by atoms with Crippen LogP contribution in [0.1, 0.15) is 49.5 Å². The number of aromatic nitrogens is 3. The molecule has 7 nitrogen and oxygen atoms in total. The maximum absolute atomic E-state index is 9.33. The molecule has 2 aromatic carbocycles. The van der Waals surface area contributed by atoms with Crippen LogP contribution < -0.4 is 4.90 Å². The molecule has 3 aromatic rings. The first-order chi connectivity index (χ1) is 15.4. The van der Waals surface area contributed by atoms with E-state index < -0.39 is 0 Å². The Labute approximate surface area is 193 Å². The molecule has 1 aliphatic rings. The Morgan fingerprint density at radius 2 is 1.97 bits per heavy atom. The highest BCUT2D eigenvalue weighted by atomic mass is 35.5. The van der Waals surface area contributed by atoms with Gasteiger partial charge in [0.1, 0.15) is 11.4 Å². The molecule has 0 saturated carbocycles. The predicted molar refractivity (Wildman–Crippen MR) is 130 cm³/mol. The molecule has 1 aliphatic heterocycles. The van der Waals surface area contributed by atoms with Crippen LogP contribution in [-0.4, -0.2) is 51.1 Å². The molecule has 0 amide bonds. The maximum Gasteiger partial charge on any atom is 0.204 e. The third-order valence-corrected chi connectivity index (χ3v) is 5.74. The highest BCUT2D eigenvalue weighted by Crippen LogP contribution is 2.29. The summed E-state index contributed by atoms with van der Waals surface area (Å²) in [5, 5.41) is 19.2. The predicted octanol–water partition coefficient (Wildman–Crippen LogP) is 4.57. The molecule has 0 saturated heterocycles. The van der Waals surface area contributed by atoms with Crippen LogP contribution in [0.4, 0.5) is 11.4 Å². The number of nitrogens with zero attached hydrogens (tertiary/aromatic N) is 6. The van der Waals surface area contributed by atoms with Gasteiger partial charge in [0.2, 0.25) is 5.82 Å². The summed E-state index contributed by atoms with van der Waals surface area (Å²) in [7, 11) is 0. The topological polar surface area (TPSA) is 78.9 Å². The standard InChI is InChI=1S/C24H27ClN6O/c1-5-30(12-13-32)17-10-11-20(16(4)14-17)26-22-21(18-8-6-7-9-19(18)25)28-31-24(22)27-23(29-31)15(2)3/h6-11,14-15,32H,5,12-13H2,1-4H3. The second-order valence-corrected chi connectivity index (χ2v) is 8.41. The van der Waals surface area contributed by atoms with Gasteiger partial charge in [-0.2, -0.15) is 0 Å². The zero-order valence-electron chi connectivity index (χ0n) is 18.7. The van der Waals surface area contributed by atoms with Gasteiger partial charge in [-0.25, -0.2) is 9.98 Å². The van der Waals surface area contributed by atoms with Gasteiger partial charge in [0.25, 0.3) is 0 Å². The number of halogens is 1. The number of benzene rings is 2. The Morgan fingerprint density at radius 1 is 1.19 bits per heavy atom. The van der Waals surface area contributed by atoms with Gasteiger partial charge in [-0.1, -0.05) is 43.6 Å². The zero-order chi connectivity index (χ0) is 22.8. The molecule has 4 rings (SSSR count). The number of aliphatic imine (C=N–C) groups is 1. The van der Waals surface area contributed by atoms with Crippen LogP contribution in [0.2, 0.25) is 5.02 Å². The minimum atomic E-state index is 0.114. The van der Waals surface area contributed by atoms with Gasteiger partial charge in [-0.3, -0.25) is 0 Å². The number of anilines is 1. The van der Waals surface area contributed by atoms with E-state index in [1.165, 1.54) is 0 Å². The van der Waals surface area contributed by atoms with E-state index in [9.17, 15) is 5.11 Å². The summed E-state index contributed by atoms with van der Waals surface area (Å²) in [5.41, 5.74) is 4.99. The highest BCUT2D eigenvalue weighted by Gasteiger charge is 2.30. The number of aliphatic hydroxyl groups is 1. The van der Waals surface area contributed by atoms with Crippen molar-refractivity contribution in [3.05, 3.63) is 70.3 Å². The van der Waals surface area contributed by atoms with Crippen molar-refractivity contribution in [1.82, 2.24) is 14.9 Å². The largest absolute Gasteiger partial charge is 0.395 e. The SMILES string of the molecule is CCN(CCO)c1ccc(N=C2C(c3ccccc3Cl)=Nn3nc(C(C)C)nc32)c(C)c1. The molecular weight excluding hydrogens is 424 g/mol. The van der Waals surface area contributed by atoms with E-state index in [0.29, 0.717) is 28.8 Å². The summed E-state index contributed by atoms with van der Waals surface area (Å²) in [4.78, 5) is 13.4. The second kappa shape index (κ2) is 9.22. The first-order valence-electron chi connectivity index (χ1n) is 10.8. The van der Waals surface area contributed by atoms with Gasteiger partial charge in [0.15, 0.2) is 5.82 Å². The van der Waals surface area contributed by atoms with Gasteiger partial charge in [-0.05, 0) is 43.7 Å². The molecule has 0 unspecified atom stereocenters. The number of likely N-dealkylation sites (N-methyl/N-ethyl adjacent to an activating group) is 1. The van der Waals surface area contributed by atoms with Gasteiger partial charge in [-0.15, -0.1) is 15.0 Å². The molecule has 0 radical (unpaired) electrons. The first-order valence-corrected chi connectivity index (χ1v) is 11.2. The van der Waals surface area contributed by atoms with Crippen LogP contribution in [0.3, 0.4) is 0 Å². The lowest BCUT2D eigenvalue weighted by molar-refractivity contribution is 0.302. The fourth-order valence-corrected chi connectivity index (χ4v) is 3.87. The minimum absolute atomic E-state index is 0.114. The molecule has 0 fully saturated rings. The lowest BCUT2D eigenvalue weighted by Crippen LogP contribution is -2.26. The molecule has 1 N–H and O–H groups in total. The monoisotopic (exact) mass is 450 g/mol. The molecule has 0 atom stereocenters. The average Bonchev–Trinajstić information content (AvgIpc) is 3.33. The van der Waals surface area contributed by atoms with E-state index in [1.807, 2.05) is 43.3 Å². The number of aryl methyl sites for hydroxylation is 1. The fourth-order valence-electron chi connectivity index (χ4n) is 3.64. The van der Waals surface area contributed by atoms with Crippen LogP contribution in [0.5, 0.6) is 0 Å². The summed E-state index contributed by atoms with van der Waals surface area (Å²) in [6.45, 7) is 9.73. The van der Waals surface area contributed by atoms with Crippen molar-refractivity contribution in [3.63, 3.8) is 0 Å². The Hall–Kier alpha value is -3.03. The minimum Gasteiger partial charge on any atom is -0.395 e. The third kappa shape index (κ3) is 4.18. The number of hydrogen-bond donors (Lipinski definition) is 1. The zero-order valence-corrected chi connectivity index (χ0v) is 19.5. The Morgan fingerprint density at radius 3 is 2.62 bits per heavy atom. The molecule has 0 spiro atoms. The van der Waals surface area contributed by atoms with E-state index in [4.69, 9.17) is 21.6 Å². The van der Waals surface area contributed by atoms with Crippen molar-refractivity contribution in [1.29, 1.82) is 0 Å². The van der Waals surface area contributed by atoms with Crippen LogP contribution >= 0.6 is 11.6 Å². The Bertz CT molecular complexity index is 1200. The first kappa shape index (κ1) is 22.2. The molecule has 166 valence electrons. The summed E-state index contributed by atoms with van der Waals surface area (Å²) in [6.07, 6.45) is 0. The van der Waals surface area contributed by atoms with Crippen molar-refractivity contribution in [2.45, 2.75) is 33.6 Å². The van der Waals surface area contributed by atoms with E-state index in [0.717, 1.165) is 34.9 Å². The molecular formula is C24H27ClN6O. The van der Waals surface area contributed by atoms with Crippen molar-refractivity contribution >= 4 is 34.4 Å². The van der Waals surface area contributed by atoms with Crippen LogP contribution in [0.15, 0.2) is 52.6 Å². The van der Waals surface area contributed by atoms with Crippen molar-refractivity contribution in [2.75, 3.05) is 24.6 Å². The Kier molecular flexibility index (Phi) is 6.39. The summed E-state index contributed by atoms with van der Waals surface area (Å²) in [5.74, 6) is 1.52. The number of fused-ring (bicyclic) bond motifs is 1. The number of hydrogen-bond acceptors (Lipinski definition) is 6. The van der Waals surface area contributed by atoms with Gasteiger partial charge in [0, 0.05) is 30.3 Å². The maximum atomic E-state index is 9.33. The van der Waals surface area contributed by atoms with Crippen molar-refractivity contribution < 1.29 is 5.11 Å². The summed E-state index contributed by atoms with van der Waals surface area (Å²) >= 11 is 6.48. The second-order valence-electron chi connectivity index (χ2n) is 8.00. The number of rotatable bonds is 7. The number of aliphatic hydroxyl groups excluding tert-OH is 1. The van der Waals surface area contributed by atoms with Crippen LogP contribution in [0.25, 0.3) is 0 Å². The van der Waals surface area contributed by atoms with Gasteiger partial charge >= 0.3 is 0 Å². The third-order valence-electron chi connectivity index (χ3n) is 5.41. The van der Waals surface area contributed by atoms with Crippen molar-refractivity contribution in [3.8, 4) is 0 Å². The lowest BCUT2D eigenvalue weighted by atomic mass is 10.1. The van der Waals surface area contributed by atoms with Crippen LogP contribution in [-0.2, 0) is 0 Å². The van der Waals surface area contributed by atoms with E-state index >= 15 is 0 Å². The summed E-state index contributed by atoms with van der Waals surface area (Å²) < 4.78 is 0. The smallest absolute Gasteiger partial charge is 0.204 e. The Balaban J connectivity index is 1.81. The fraction of sp³-hybridized carbons (Fsp3) is 0.333. The van der Waals surface area contributed by atoms with E-state index in [-0.39, 0.29) is 12.5 Å². The normalized spacial score (nSPS) is 14.2. The average molecular weight is 451 g/mol. The summed E-state index contributed by atoms with van der Waals surface area (Å²) in [6, 6.07) is 13.7.